The van der Waals surface area contributed by atoms with E-state index in [1.807, 2.05) is 43.5 Å². The Morgan fingerprint density at radius 1 is 1.33 bits per heavy atom. The number of nitrogens with zero attached hydrogens (tertiary/aromatic N) is 1. The molecule has 0 amide bonds. The molecule has 0 saturated carbocycles. The number of carbonyl (C=O) groups excluding carboxylic acids is 1. The summed E-state index contributed by atoms with van der Waals surface area (Å²) in [5, 5.41) is 4.02. The Balaban J connectivity index is 2.48. The molecule has 4 heteroatoms. The molecular formula is C14H16N2OS. The molecular weight excluding hydrogens is 244 g/mol. The summed E-state index contributed by atoms with van der Waals surface area (Å²) in [7, 11) is 0. The molecule has 0 aromatic heterocycles. The van der Waals surface area contributed by atoms with Crippen LogP contribution in [0.15, 0.2) is 46.6 Å². The predicted octanol–water partition coefficient (Wildman–Crippen LogP) is 2.91. The standard InChI is InChI=1S/C14H16N2OS/c1-9-12(10(2)17)13(16-14(15-9)18-3)11-7-5-4-6-8-11/h4-8,13H,1-3H3,(H,15,16)/t13-/m0/s1. The van der Waals surface area contributed by atoms with Gasteiger partial charge in [0.2, 0.25) is 0 Å². The van der Waals surface area contributed by atoms with Crippen LogP contribution in [0.3, 0.4) is 0 Å². The number of rotatable bonds is 2. The Labute approximate surface area is 111 Å². The molecule has 0 unspecified atom stereocenters. The highest BCUT2D eigenvalue weighted by Gasteiger charge is 2.26. The van der Waals surface area contributed by atoms with Crippen molar-refractivity contribution >= 4 is 22.7 Å². The van der Waals surface area contributed by atoms with Crippen LogP contribution in [-0.2, 0) is 4.79 Å². The number of amidine groups is 1. The van der Waals surface area contributed by atoms with E-state index in [0.717, 1.165) is 22.0 Å². The van der Waals surface area contributed by atoms with Gasteiger partial charge in [0.1, 0.15) is 6.04 Å². The molecule has 0 aliphatic carbocycles. The van der Waals surface area contributed by atoms with E-state index in [9.17, 15) is 4.79 Å². The molecule has 0 radical (unpaired) electrons. The molecule has 1 atom stereocenters. The van der Waals surface area contributed by atoms with E-state index in [0.29, 0.717) is 0 Å². The minimum absolute atomic E-state index is 0.0674. The molecule has 1 aromatic carbocycles. The second kappa shape index (κ2) is 5.40. The Morgan fingerprint density at radius 2 is 2.00 bits per heavy atom. The predicted molar refractivity (Wildman–Crippen MR) is 76.6 cm³/mol. The average Bonchev–Trinajstić information content (AvgIpc) is 2.38. The van der Waals surface area contributed by atoms with E-state index in [-0.39, 0.29) is 11.8 Å². The Kier molecular flexibility index (Phi) is 3.87. The Hall–Kier alpha value is -1.55. The summed E-state index contributed by atoms with van der Waals surface area (Å²) in [5.74, 6) is 0.0674. The van der Waals surface area contributed by atoms with Crippen molar-refractivity contribution in [3.63, 3.8) is 0 Å². The van der Waals surface area contributed by atoms with Gasteiger partial charge in [-0.15, -0.1) is 0 Å². The molecule has 3 nitrogen and oxygen atoms in total. The van der Waals surface area contributed by atoms with Gasteiger partial charge in [0.15, 0.2) is 11.0 Å². The molecule has 1 N–H and O–H groups in total. The van der Waals surface area contributed by atoms with Crippen LogP contribution >= 0.6 is 11.8 Å². The summed E-state index contributed by atoms with van der Waals surface area (Å²) < 4.78 is 0. The van der Waals surface area contributed by atoms with Crippen LogP contribution in [0, 0.1) is 0 Å². The summed E-state index contributed by atoms with van der Waals surface area (Å²) in [6, 6.07) is 9.74. The zero-order valence-corrected chi connectivity index (χ0v) is 11.5. The van der Waals surface area contributed by atoms with E-state index in [4.69, 9.17) is 0 Å². The summed E-state index contributed by atoms with van der Waals surface area (Å²) in [6.45, 7) is 3.52. The third kappa shape index (κ3) is 2.48. The first kappa shape index (κ1) is 12.9. The summed E-state index contributed by atoms with van der Waals surface area (Å²) in [6.07, 6.45) is 1.97. The molecule has 1 aromatic rings. The van der Waals surface area contributed by atoms with Crippen molar-refractivity contribution in [2.24, 2.45) is 4.99 Å². The summed E-state index contributed by atoms with van der Waals surface area (Å²) in [5.41, 5.74) is 2.70. The van der Waals surface area contributed by atoms with E-state index >= 15 is 0 Å². The van der Waals surface area contributed by atoms with Gasteiger partial charge in [0.25, 0.3) is 0 Å². The lowest BCUT2D eigenvalue weighted by Gasteiger charge is -2.25. The number of thioether (sulfide) groups is 1. The van der Waals surface area contributed by atoms with E-state index in [1.165, 1.54) is 0 Å². The van der Waals surface area contributed by atoms with Crippen LogP contribution in [0.5, 0.6) is 0 Å². The minimum atomic E-state index is -0.188. The number of hydrogen-bond acceptors (Lipinski definition) is 4. The van der Waals surface area contributed by atoms with Crippen LogP contribution in [0.25, 0.3) is 0 Å². The maximum atomic E-state index is 11.8. The SMILES string of the molecule is CSC1=N[C@@H](c2ccccc2)C(C(C)=O)=C(C)N1. The fourth-order valence-corrected chi connectivity index (χ4v) is 2.55. The highest BCUT2D eigenvalue weighted by molar-refractivity contribution is 8.13. The number of ketones is 1. The third-order valence-electron chi connectivity index (χ3n) is 2.91. The highest BCUT2D eigenvalue weighted by atomic mass is 32.2. The van der Waals surface area contributed by atoms with Crippen molar-refractivity contribution < 1.29 is 4.79 Å². The van der Waals surface area contributed by atoms with Crippen molar-refractivity contribution in [2.75, 3.05) is 6.26 Å². The molecule has 1 heterocycles. The molecule has 0 fully saturated rings. The van der Waals surface area contributed by atoms with Crippen LogP contribution in [0.4, 0.5) is 0 Å². The van der Waals surface area contributed by atoms with E-state index < -0.39 is 0 Å². The first-order chi connectivity index (χ1) is 8.63. The lowest BCUT2D eigenvalue weighted by atomic mass is 9.94. The van der Waals surface area contributed by atoms with Gasteiger partial charge in [-0.05, 0) is 25.7 Å². The van der Waals surface area contributed by atoms with Crippen LogP contribution in [-0.4, -0.2) is 17.2 Å². The number of allylic oxidation sites excluding steroid dienone is 1. The number of benzene rings is 1. The van der Waals surface area contributed by atoms with E-state index in [2.05, 4.69) is 10.3 Å². The van der Waals surface area contributed by atoms with Gasteiger partial charge < -0.3 is 5.32 Å². The molecule has 1 aliphatic heterocycles. The molecule has 1 aliphatic rings. The lowest BCUT2D eigenvalue weighted by molar-refractivity contribution is -0.113. The van der Waals surface area contributed by atoms with Crippen LogP contribution < -0.4 is 5.32 Å². The quantitative estimate of drug-likeness (QED) is 0.889. The topological polar surface area (TPSA) is 41.5 Å². The van der Waals surface area contributed by atoms with Gasteiger partial charge in [-0.1, -0.05) is 42.1 Å². The Bertz CT molecular complexity index is 520. The van der Waals surface area contributed by atoms with Crippen molar-refractivity contribution in [3.05, 3.63) is 47.2 Å². The third-order valence-corrected chi connectivity index (χ3v) is 3.50. The molecule has 0 bridgehead atoms. The van der Waals surface area contributed by atoms with Crippen molar-refractivity contribution in [1.82, 2.24) is 5.32 Å². The lowest BCUT2D eigenvalue weighted by Crippen LogP contribution is -2.28. The first-order valence-electron chi connectivity index (χ1n) is 5.79. The normalized spacial score (nSPS) is 19.3. The van der Waals surface area contributed by atoms with Crippen LogP contribution in [0.2, 0.25) is 0 Å². The molecule has 0 saturated heterocycles. The number of aliphatic imine (C=N–C) groups is 1. The van der Waals surface area contributed by atoms with Gasteiger partial charge >= 0.3 is 0 Å². The van der Waals surface area contributed by atoms with Gasteiger partial charge in [-0.25, -0.2) is 4.99 Å². The maximum Gasteiger partial charge on any atom is 0.161 e. The largest absolute Gasteiger partial charge is 0.338 e. The first-order valence-corrected chi connectivity index (χ1v) is 7.01. The minimum Gasteiger partial charge on any atom is -0.338 e. The van der Waals surface area contributed by atoms with Crippen molar-refractivity contribution in [3.8, 4) is 0 Å². The van der Waals surface area contributed by atoms with Gasteiger partial charge in [0.05, 0.1) is 0 Å². The average molecular weight is 260 g/mol. The van der Waals surface area contributed by atoms with E-state index in [1.54, 1.807) is 18.7 Å². The number of carbonyl (C=O) groups is 1. The Morgan fingerprint density at radius 3 is 2.56 bits per heavy atom. The molecule has 94 valence electrons. The highest BCUT2D eigenvalue weighted by Crippen LogP contribution is 2.31. The van der Waals surface area contributed by atoms with Gasteiger partial charge in [0, 0.05) is 11.3 Å². The van der Waals surface area contributed by atoms with Gasteiger partial charge in [-0.2, -0.15) is 0 Å². The van der Waals surface area contributed by atoms with Gasteiger partial charge in [-0.3, -0.25) is 4.79 Å². The summed E-state index contributed by atoms with van der Waals surface area (Å²) in [4.78, 5) is 16.4. The maximum absolute atomic E-state index is 11.8. The molecule has 2 rings (SSSR count). The smallest absolute Gasteiger partial charge is 0.161 e. The van der Waals surface area contributed by atoms with Crippen molar-refractivity contribution in [1.29, 1.82) is 0 Å². The zero-order valence-electron chi connectivity index (χ0n) is 10.7. The zero-order chi connectivity index (χ0) is 13.1. The fraction of sp³-hybridized carbons (Fsp3) is 0.286. The molecule has 18 heavy (non-hydrogen) atoms. The second-order valence-corrected chi connectivity index (χ2v) is 4.97. The van der Waals surface area contributed by atoms with Crippen molar-refractivity contribution in [2.45, 2.75) is 19.9 Å². The van der Waals surface area contributed by atoms with Crippen LogP contribution in [0.1, 0.15) is 25.5 Å². The fourth-order valence-electron chi connectivity index (χ4n) is 2.08. The molecule has 0 spiro atoms. The number of nitrogens with one attached hydrogen (secondary N) is 1. The monoisotopic (exact) mass is 260 g/mol. The number of Topliss-reactive ketones (excluding diaryl/α,β-unsaturated/α-hetero) is 1. The second-order valence-electron chi connectivity index (χ2n) is 4.17. The number of hydrogen-bond donors (Lipinski definition) is 1. The summed E-state index contributed by atoms with van der Waals surface area (Å²) >= 11 is 1.56.